The fourth-order valence-corrected chi connectivity index (χ4v) is 1.70. The number of halogens is 1. The largest absolute Gasteiger partial charge is 0.462 e. The fraction of sp³-hybridized carbons (Fsp3) is 0.500. The van der Waals surface area contributed by atoms with Crippen LogP contribution in [-0.4, -0.2) is 24.6 Å². The minimum Gasteiger partial charge on any atom is -0.462 e. The topological polar surface area (TPSA) is 51.2 Å². The van der Waals surface area contributed by atoms with Gasteiger partial charge in [0.05, 0.1) is 12.3 Å². The third-order valence-corrected chi connectivity index (χ3v) is 2.63. The third kappa shape index (κ3) is 2.85. The lowest BCUT2D eigenvalue weighted by molar-refractivity contribution is 0.0531. The van der Waals surface area contributed by atoms with Crippen LogP contribution in [0.4, 0.5) is 5.13 Å². The zero-order chi connectivity index (χ0) is 9.84. The van der Waals surface area contributed by atoms with E-state index in [4.69, 9.17) is 4.74 Å². The second kappa shape index (κ2) is 5.82. The van der Waals surface area contributed by atoms with Gasteiger partial charge >= 0.3 is 5.97 Å². The van der Waals surface area contributed by atoms with Crippen molar-refractivity contribution in [2.45, 2.75) is 13.8 Å². The molecule has 0 amide bonds. The highest BCUT2D eigenvalue weighted by molar-refractivity contribution is 7.17. The van der Waals surface area contributed by atoms with Gasteiger partial charge < -0.3 is 10.1 Å². The molecule has 1 aromatic rings. The highest BCUT2D eigenvalue weighted by Crippen LogP contribution is 2.22. The molecule has 0 aliphatic heterocycles. The lowest BCUT2D eigenvalue weighted by Crippen LogP contribution is -2.03. The number of anilines is 1. The van der Waals surface area contributed by atoms with Crippen LogP contribution in [0.25, 0.3) is 0 Å². The summed E-state index contributed by atoms with van der Waals surface area (Å²) < 4.78 is 4.87. The number of nitrogens with one attached hydrogen (secondary N) is 1. The van der Waals surface area contributed by atoms with Crippen molar-refractivity contribution < 1.29 is 9.53 Å². The zero-order valence-electron chi connectivity index (χ0n) is 8.29. The molecule has 14 heavy (non-hydrogen) atoms. The van der Waals surface area contributed by atoms with Crippen molar-refractivity contribution in [3.05, 3.63) is 10.6 Å². The van der Waals surface area contributed by atoms with Crippen LogP contribution in [0.2, 0.25) is 0 Å². The summed E-state index contributed by atoms with van der Waals surface area (Å²) in [6.07, 6.45) is 0. The van der Waals surface area contributed by atoms with Crippen LogP contribution in [-0.2, 0) is 4.74 Å². The van der Waals surface area contributed by atoms with Gasteiger partial charge in [0.25, 0.3) is 0 Å². The Kier molecular flexibility index (Phi) is 5.49. The summed E-state index contributed by atoms with van der Waals surface area (Å²) in [5.41, 5.74) is 0.716. The van der Waals surface area contributed by atoms with Gasteiger partial charge in [-0.05, 0) is 13.8 Å². The SMILES string of the molecule is CCOC(=O)c1sc(NC)nc1C.Cl. The van der Waals surface area contributed by atoms with E-state index in [1.807, 2.05) is 0 Å². The minimum atomic E-state index is -0.293. The molecule has 0 bridgehead atoms. The first kappa shape index (κ1) is 13.2. The van der Waals surface area contributed by atoms with E-state index < -0.39 is 0 Å². The number of rotatable bonds is 3. The van der Waals surface area contributed by atoms with Crippen molar-refractivity contribution in [1.29, 1.82) is 0 Å². The molecule has 0 saturated carbocycles. The average Bonchev–Trinajstić information content (AvgIpc) is 2.47. The molecule has 0 aromatic carbocycles. The van der Waals surface area contributed by atoms with E-state index in [1.54, 1.807) is 20.9 Å². The summed E-state index contributed by atoms with van der Waals surface area (Å²) in [6.45, 7) is 3.97. The van der Waals surface area contributed by atoms with E-state index in [2.05, 4.69) is 10.3 Å². The van der Waals surface area contributed by atoms with Crippen molar-refractivity contribution >= 4 is 34.8 Å². The molecule has 1 aromatic heterocycles. The Morgan fingerprint density at radius 3 is 2.71 bits per heavy atom. The summed E-state index contributed by atoms with van der Waals surface area (Å²) in [7, 11) is 1.77. The maximum absolute atomic E-state index is 11.3. The summed E-state index contributed by atoms with van der Waals surface area (Å²) in [6, 6.07) is 0. The second-order valence-electron chi connectivity index (χ2n) is 2.40. The molecule has 6 heteroatoms. The Bertz CT molecular complexity index is 314. The molecule has 0 aliphatic rings. The highest BCUT2D eigenvalue weighted by Gasteiger charge is 2.15. The quantitative estimate of drug-likeness (QED) is 0.817. The van der Waals surface area contributed by atoms with Gasteiger partial charge in [0.2, 0.25) is 0 Å². The molecule has 0 radical (unpaired) electrons. The molecule has 4 nitrogen and oxygen atoms in total. The third-order valence-electron chi connectivity index (χ3n) is 1.47. The molecule has 80 valence electrons. The monoisotopic (exact) mass is 236 g/mol. The normalized spacial score (nSPS) is 9.07. The number of aryl methyl sites for hydroxylation is 1. The Morgan fingerprint density at radius 2 is 2.29 bits per heavy atom. The first-order valence-electron chi connectivity index (χ1n) is 4.01. The maximum atomic E-state index is 11.3. The van der Waals surface area contributed by atoms with E-state index >= 15 is 0 Å². The number of hydrogen-bond acceptors (Lipinski definition) is 5. The van der Waals surface area contributed by atoms with E-state index in [9.17, 15) is 4.79 Å². The molecule has 0 saturated heterocycles. The van der Waals surface area contributed by atoms with E-state index in [0.29, 0.717) is 17.2 Å². The van der Waals surface area contributed by atoms with Gasteiger partial charge in [-0.2, -0.15) is 0 Å². The Morgan fingerprint density at radius 1 is 1.64 bits per heavy atom. The average molecular weight is 237 g/mol. The molecule has 0 spiro atoms. The van der Waals surface area contributed by atoms with Crippen LogP contribution in [0, 0.1) is 6.92 Å². The first-order chi connectivity index (χ1) is 6.19. The smallest absolute Gasteiger partial charge is 0.350 e. The van der Waals surface area contributed by atoms with Crippen LogP contribution >= 0.6 is 23.7 Å². The van der Waals surface area contributed by atoms with E-state index in [1.165, 1.54) is 11.3 Å². The van der Waals surface area contributed by atoms with Gasteiger partial charge in [0, 0.05) is 7.05 Å². The number of aromatic nitrogens is 1. The minimum absolute atomic E-state index is 0. The van der Waals surface area contributed by atoms with E-state index in [0.717, 1.165) is 5.13 Å². The molecule has 0 fully saturated rings. The number of carbonyl (C=O) groups is 1. The highest BCUT2D eigenvalue weighted by atomic mass is 35.5. The molecular formula is C8H13ClN2O2S. The lowest BCUT2D eigenvalue weighted by Gasteiger charge is -1.97. The van der Waals surface area contributed by atoms with Crippen molar-refractivity contribution in [2.24, 2.45) is 0 Å². The van der Waals surface area contributed by atoms with Gasteiger partial charge in [-0.1, -0.05) is 11.3 Å². The number of ether oxygens (including phenoxy) is 1. The van der Waals surface area contributed by atoms with E-state index in [-0.39, 0.29) is 18.4 Å². The maximum Gasteiger partial charge on any atom is 0.350 e. The van der Waals surface area contributed by atoms with Gasteiger partial charge in [-0.25, -0.2) is 9.78 Å². The number of carbonyl (C=O) groups excluding carboxylic acids is 1. The van der Waals surface area contributed by atoms with Gasteiger partial charge in [0.15, 0.2) is 5.13 Å². The summed E-state index contributed by atoms with van der Waals surface area (Å²) in [5.74, 6) is -0.293. The molecule has 1 rings (SSSR count). The fourth-order valence-electron chi connectivity index (χ4n) is 0.889. The number of esters is 1. The van der Waals surface area contributed by atoms with Crippen molar-refractivity contribution in [2.75, 3.05) is 19.0 Å². The Labute approximate surface area is 93.1 Å². The number of thiazole rings is 1. The number of hydrogen-bond donors (Lipinski definition) is 1. The standard InChI is InChI=1S/C8H12N2O2S.ClH/c1-4-12-7(11)6-5(2)10-8(9-3)13-6;/h4H2,1-3H3,(H,9,10);1H. The van der Waals surface area contributed by atoms with Crippen LogP contribution < -0.4 is 5.32 Å². The van der Waals surface area contributed by atoms with Gasteiger partial charge in [-0.3, -0.25) is 0 Å². The molecule has 1 N–H and O–H groups in total. The summed E-state index contributed by atoms with van der Waals surface area (Å²) in [4.78, 5) is 16.0. The van der Waals surface area contributed by atoms with Crippen molar-refractivity contribution in [3.63, 3.8) is 0 Å². The molecule has 0 atom stereocenters. The number of nitrogens with zero attached hydrogens (tertiary/aromatic N) is 1. The van der Waals surface area contributed by atoms with Gasteiger partial charge in [0.1, 0.15) is 4.88 Å². The Balaban J connectivity index is 0.00000169. The molecule has 0 aliphatic carbocycles. The Hall–Kier alpha value is -0.810. The lowest BCUT2D eigenvalue weighted by atomic mass is 10.4. The van der Waals surface area contributed by atoms with Crippen LogP contribution in [0.5, 0.6) is 0 Å². The zero-order valence-corrected chi connectivity index (χ0v) is 9.92. The predicted octanol–water partition coefficient (Wildman–Crippen LogP) is 2.09. The van der Waals surface area contributed by atoms with Gasteiger partial charge in [-0.15, -0.1) is 12.4 Å². The van der Waals surface area contributed by atoms with Crippen LogP contribution in [0.1, 0.15) is 22.3 Å². The molecular weight excluding hydrogens is 224 g/mol. The van der Waals surface area contributed by atoms with Crippen LogP contribution in [0.15, 0.2) is 0 Å². The first-order valence-corrected chi connectivity index (χ1v) is 4.83. The van der Waals surface area contributed by atoms with Crippen LogP contribution in [0.3, 0.4) is 0 Å². The summed E-state index contributed by atoms with van der Waals surface area (Å²) >= 11 is 1.31. The summed E-state index contributed by atoms with van der Waals surface area (Å²) in [5, 5.41) is 3.62. The van der Waals surface area contributed by atoms with Crippen molar-refractivity contribution in [3.8, 4) is 0 Å². The molecule has 0 unspecified atom stereocenters. The predicted molar refractivity (Wildman–Crippen MR) is 59.6 cm³/mol. The van der Waals surface area contributed by atoms with Crippen molar-refractivity contribution in [1.82, 2.24) is 4.98 Å². The second-order valence-corrected chi connectivity index (χ2v) is 3.40. The molecule has 1 heterocycles.